The van der Waals surface area contributed by atoms with Crippen molar-refractivity contribution in [1.82, 2.24) is 9.88 Å². The van der Waals surface area contributed by atoms with E-state index in [4.69, 9.17) is 16.6 Å². The Hall–Kier alpha value is -2.63. The van der Waals surface area contributed by atoms with Gasteiger partial charge in [0.1, 0.15) is 0 Å². The number of aryl methyl sites for hydroxylation is 1. The molecule has 6 heteroatoms. The number of amides is 1. The maximum absolute atomic E-state index is 12.8. The number of thiazole rings is 1. The van der Waals surface area contributed by atoms with Crippen LogP contribution in [0, 0.1) is 6.92 Å². The molecule has 0 atom stereocenters. The molecule has 1 aliphatic heterocycles. The third-order valence-corrected chi connectivity index (χ3v) is 7.30. The van der Waals surface area contributed by atoms with Crippen LogP contribution in [0.4, 0.5) is 5.13 Å². The molecule has 0 aliphatic carbocycles. The van der Waals surface area contributed by atoms with Crippen LogP contribution in [0.3, 0.4) is 0 Å². The van der Waals surface area contributed by atoms with Crippen molar-refractivity contribution in [2.24, 2.45) is 0 Å². The SMILES string of the molecule is Cc1c(Cl)ccc2sc(N3CCN(C(=O)Cc4ccc5ccccc5c4)CC3)nc12. The van der Waals surface area contributed by atoms with E-state index in [1.54, 1.807) is 11.3 Å². The average molecular weight is 436 g/mol. The quantitative estimate of drug-likeness (QED) is 0.438. The summed E-state index contributed by atoms with van der Waals surface area (Å²) in [5.41, 5.74) is 3.08. The Labute approximate surface area is 184 Å². The molecule has 0 radical (unpaired) electrons. The zero-order valence-electron chi connectivity index (χ0n) is 16.8. The summed E-state index contributed by atoms with van der Waals surface area (Å²) in [6.45, 7) is 5.06. The molecule has 4 nitrogen and oxygen atoms in total. The van der Waals surface area contributed by atoms with Crippen molar-refractivity contribution in [2.75, 3.05) is 31.1 Å². The predicted molar refractivity (Wildman–Crippen MR) is 126 cm³/mol. The molecule has 0 N–H and O–H groups in total. The molecule has 30 heavy (non-hydrogen) atoms. The molecule has 1 fully saturated rings. The lowest BCUT2D eigenvalue weighted by atomic mass is 10.0. The first-order chi connectivity index (χ1) is 14.6. The van der Waals surface area contributed by atoms with Crippen LogP contribution in [0.1, 0.15) is 11.1 Å². The molecule has 1 aromatic heterocycles. The number of piperazine rings is 1. The number of aromatic nitrogens is 1. The Morgan fingerprint density at radius 3 is 2.60 bits per heavy atom. The third kappa shape index (κ3) is 3.64. The number of fused-ring (bicyclic) bond motifs is 2. The maximum atomic E-state index is 12.8. The Kier molecular flexibility index (Phi) is 5.09. The smallest absolute Gasteiger partial charge is 0.227 e. The van der Waals surface area contributed by atoms with Gasteiger partial charge in [-0.15, -0.1) is 0 Å². The van der Waals surface area contributed by atoms with Crippen molar-refractivity contribution in [3.8, 4) is 0 Å². The fraction of sp³-hybridized carbons (Fsp3) is 0.250. The monoisotopic (exact) mass is 435 g/mol. The molecule has 1 amide bonds. The van der Waals surface area contributed by atoms with Crippen LogP contribution in [-0.2, 0) is 11.2 Å². The van der Waals surface area contributed by atoms with Crippen molar-refractivity contribution in [1.29, 1.82) is 0 Å². The van der Waals surface area contributed by atoms with Crippen molar-refractivity contribution in [3.63, 3.8) is 0 Å². The number of nitrogens with zero attached hydrogens (tertiary/aromatic N) is 3. The van der Waals surface area contributed by atoms with Crippen molar-refractivity contribution in [2.45, 2.75) is 13.3 Å². The number of rotatable bonds is 3. The van der Waals surface area contributed by atoms with E-state index in [-0.39, 0.29) is 5.91 Å². The first-order valence-corrected chi connectivity index (χ1v) is 11.3. The Bertz CT molecular complexity index is 1240. The van der Waals surface area contributed by atoms with E-state index in [1.165, 1.54) is 10.8 Å². The largest absolute Gasteiger partial charge is 0.345 e. The second-order valence-electron chi connectivity index (χ2n) is 7.74. The van der Waals surface area contributed by atoms with Gasteiger partial charge in [0, 0.05) is 31.2 Å². The van der Waals surface area contributed by atoms with Crippen LogP contribution in [0.15, 0.2) is 54.6 Å². The van der Waals surface area contributed by atoms with Gasteiger partial charge in [0.25, 0.3) is 0 Å². The Morgan fingerprint density at radius 2 is 1.80 bits per heavy atom. The number of hydrogen-bond acceptors (Lipinski definition) is 4. The number of hydrogen-bond donors (Lipinski definition) is 0. The fourth-order valence-corrected chi connectivity index (χ4v) is 5.24. The number of halogens is 1. The fourth-order valence-electron chi connectivity index (χ4n) is 4.01. The summed E-state index contributed by atoms with van der Waals surface area (Å²) in [4.78, 5) is 21.9. The highest BCUT2D eigenvalue weighted by atomic mass is 35.5. The van der Waals surface area contributed by atoms with Gasteiger partial charge >= 0.3 is 0 Å². The lowest BCUT2D eigenvalue weighted by Gasteiger charge is -2.34. The Morgan fingerprint density at radius 1 is 1.03 bits per heavy atom. The molecule has 1 saturated heterocycles. The molecule has 3 aromatic carbocycles. The number of benzene rings is 3. The second kappa shape index (κ2) is 7.89. The van der Waals surface area contributed by atoms with E-state index in [1.807, 2.05) is 36.1 Å². The number of carbonyl (C=O) groups is 1. The summed E-state index contributed by atoms with van der Waals surface area (Å²) in [6.07, 6.45) is 0.448. The molecule has 5 rings (SSSR count). The molecule has 0 spiro atoms. The highest BCUT2D eigenvalue weighted by molar-refractivity contribution is 7.22. The van der Waals surface area contributed by atoms with Crippen LogP contribution < -0.4 is 4.90 Å². The zero-order valence-corrected chi connectivity index (χ0v) is 18.3. The molecular weight excluding hydrogens is 414 g/mol. The van der Waals surface area contributed by atoms with Gasteiger partial charge in [-0.25, -0.2) is 4.98 Å². The summed E-state index contributed by atoms with van der Waals surface area (Å²) < 4.78 is 1.15. The van der Waals surface area contributed by atoms with E-state index >= 15 is 0 Å². The van der Waals surface area contributed by atoms with Gasteiger partial charge in [-0.1, -0.05) is 65.4 Å². The Balaban J connectivity index is 1.25. The first-order valence-electron chi connectivity index (χ1n) is 10.1. The van der Waals surface area contributed by atoms with E-state index in [9.17, 15) is 4.79 Å². The van der Waals surface area contributed by atoms with Crippen LogP contribution >= 0.6 is 22.9 Å². The van der Waals surface area contributed by atoms with Gasteiger partial charge in [-0.3, -0.25) is 4.79 Å². The van der Waals surface area contributed by atoms with Crippen LogP contribution in [0.25, 0.3) is 21.0 Å². The lowest BCUT2D eigenvalue weighted by Crippen LogP contribution is -2.49. The lowest BCUT2D eigenvalue weighted by molar-refractivity contribution is -0.130. The van der Waals surface area contributed by atoms with E-state index in [0.717, 1.165) is 57.7 Å². The molecule has 152 valence electrons. The van der Waals surface area contributed by atoms with Gasteiger partial charge in [0.15, 0.2) is 5.13 Å². The molecule has 2 heterocycles. The van der Waals surface area contributed by atoms with Crippen molar-refractivity contribution in [3.05, 3.63) is 70.7 Å². The van der Waals surface area contributed by atoms with Gasteiger partial charge in [0.2, 0.25) is 5.91 Å². The minimum absolute atomic E-state index is 0.192. The van der Waals surface area contributed by atoms with Crippen molar-refractivity contribution >= 4 is 55.0 Å². The second-order valence-corrected chi connectivity index (χ2v) is 9.16. The number of anilines is 1. The molecule has 1 aliphatic rings. The maximum Gasteiger partial charge on any atom is 0.227 e. The van der Waals surface area contributed by atoms with Crippen LogP contribution in [0.5, 0.6) is 0 Å². The van der Waals surface area contributed by atoms with Gasteiger partial charge in [-0.05, 0) is 41.0 Å². The predicted octanol–water partition coefficient (Wildman–Crippen LogP) is 5.30. The molecule has 0 saturated carbocycles. The minimum atomic E-state index is 0.192. The molecule has 0 bridgehead atoms. The minimum Gasteiger partial charge on any atom is -0.345 e. The summed E-state index contributed by atoms with van der Waals surface area (Å²) in [6, 6.07) is 18.5. The van der Waals surface area contributed by atoms with E-state index in [0.29, 0.717) is 6.42 Å². The number of carbonyl (C=O) groups excluding carboxylic acids is 1. The topological polar surface area (TPSA) is 36.4 Å². The molecule has 0 unspecified atom stereocenters. The average Bonchev–Trinajstić information content (AvgIpc) is 3.21. The van der Waals surface area contributed by atoms with Crippen molar-refractivity contribution < 1.29 is 4.79 Å². The standard InChI is InChI=1S/C24H22ClN3OS/c1-16-20(25)8-9-21-23(16)26-24(30-21)28-12-10-27(11-13-28)22(29)15-17-6-7-18-4-2-3-5-19(18)14-17/h2-9,14H,10-13,15H2,1H3. The van der Waals surface area contributed by atoms with Crippen LogP contribution in [0.2, 0.25) is 5.02 Å². The molecule has 4 aromatic rings. The summed E-state index contributed by atoms with van der Waals surface area (Å²) in [7, 11) is 0. The third-order valence-electron chi connectivity index (χ3n) is 5.81. The highest BCUT2D eigenvalue weighted by Gasteiger charge is 2.23. The molecular formula is C24H22ClN3OS. The first kappa shape index (κ1) is 19.3. The van der Waals surface area contributed by atoms with Gasteiger partial charge < -0.3 is 9.80 Å². The van der Waals surface area contributed by atoms with Gasteiger partial charge in [0.05, 0.1) is 16.6 Å². The highest BCUT2D eigenvalue weighted by Crippen LogP contribution is 2.33. The van der Waals surface area contributed by atoms with Crippen LogP contribution in [-0.4, -0.2) is 42.0 Å². The van der Waals surface area contributed by atoms with Gasteiger partial charge in [-0.2, -0.15) is 0 Å². The van der Waals surface area contributed by atoms with E-state index < -0.39 is 0 Å². The zero-order chi connectivity index (χ0) is 20.7. The summed E-state index contributed by atoms with van der Waals surface area (Å²) >= 11 is 7.93. The summed E-state index contributed by atoms with van der Waals surface area (Å²) in [5, 5.41) is 4.15. The normalized spacial score (nSPS) is 14.6. The van der Waals surface area contributed by atoms with E-state index in [2.05, 4.69) is 35.2 Å². The summed E-state index contributed by atoms with van der Waals surface area (Å²) in [5.74, 6) is 0.192.